The molecule has 19 heavy (non-hydrogen) atoms. The zero-order valence-corrected chi connectivity index (χ0v) is 12.2. The second-order valence-corrected chi connectivity index (χ2v) is 5.13. The van der Waals surface area contributed by atoms with Crippen LogP contribution in [0.3, 0.4) is 0 Å². The molecule has 0 aromatic heterocycles. The van der Waals surface area contributed by atoms with Crippen LogP contribution in [0, 0.1) is 0 Å². The van der Waals surface area contributed by atoms with Crippen molar-refractivity contribution in [2.45, 2.75) is 12.8 Å². The summed E-state index contributed by atoms with van der Waals surface area (Å²) in [6, 6.07) is 6.02. The highest BCUT2D eigenvalue weighted by Gasteiger charge is 2.12. The van der Waals surface area contributed by atoms with Crippen molar-refractivity contribution in [3.63, 3.8) is 0 Å². The summed E-state index contributed by atoms with van der Waals surface area (Å²) in [7, 11) is 5.73. The van der Waals surface area contributed by atoms with E-state index < -0.39 is 0 Å². The lowest BCUT2D eigenvalue weighted by Gasteiger charge is -2.18. The van der Waals surface area contributed by atoms with E-state index >= 15 is 0 Å². The molecule has 2 rings (SSSR count). The Hall–Kier alpha value is -1.42. The zero-order valence-electron chi connectivity index (χ0n) is 12.2. The molecule has 1 saturated heterocycles. The number of ether oxygens (including phenoxy) is 2. The number of methoxy groups -OCH3 is 1. The fourth-order valence-electron chi connectivity index (χ4n) is 2.35. The number of rotatable bonds is 6. The summed E-state index contributed by atoms with van der Waals surface area (Å²) in [6.07, 6.45) is 2.64. The van der Waals surface area contributed by atoms with Crippen LogP contribution in [0.5, 0.6) is 11.5 Å². The van der Waals surface area contributed by atoms with Gasteiger partial charge in [0, 0.05) is 32.4 Å². The number of benzene rings is 1. The monoisotopic (exact) mass is 264 g/mol. The number of likely N-dealkylation sites (tertiary alicyclic amines) is 1. The first-order valence-electron chi connectivity index (χ1n) is 6.91. The molecule has 1 aliphatic heterocycles. The minimum Gasteiger partial charge on any atom is -0.493 e. The topological polar surface area (TPSA) is 24.9 Å². The zero-order chi connectivity index (χ0) is 13.7. The number of hydrogen-bond donors (Lipinski definition) is 0. The maximum Gasteiger partial charge on any atom is 0.163 e. The van der Waals surface area contributed by atoms with Crippen LogP contribution in [-0.4, -0.2) is 52.3 Å². The minimum absolute atomic E-state index is 0.716. The molecule has 0 radical (unpaired) electrons. The molecule has 0 bridgehead atoms. The molecule has 0 amide bonds. The Bertz CT molecular complexity index is 401. The van der Waals surface area contributed by atoms with Crippen LogP contribution in [-0.2, 0) is 0 Å². The highest BCUT2D eigenvalue weighted by Crippen LogP contribution is 2.31. The molecule has 106 valence electrons. The Labute approximate surface area is 115 Å². The van der Waals surface area contributed by atoms with Gasteiger partial charge >= 0.3 is 0 Å². The fraction of sp³-hybridized carbons (Fsp3) is 0.600. The Kier molecular flexibility index (Phi) is 4.91. The standard InChI is InChI=1S/C15H24N2O2/c1-16(2)13-6-7-14(18-3)15(12-13)19-11-10-17-8-4-5-9-17/h6-7,12H,4-5,8-11H2,1-3H3. The van der Waals surface area contributed by atoms with E-state index in [9.17, 15) is 0 Å². The van der Waals surface area contributed by atoms with Gasteiger partial charge in [0.1, 0.15) is 6.61 Å². The summed E-state index contributed by atoms with van der Waals surface area (Å²) in [5, 5.41) is 0. The number of hydrogen-bond acceptors (Lipinski definition) is 4. The van der Waals surface area contributed by atoms with Crippen molar-refractivity contribution in [2.24, 2.45) is 0 Å². The molecule has 1 aliphatic rings. The summed E-state index contributed by atoms with van der Waals surface area (Å²) in [4.78, 5) is 4.51. The maximum atomic E-state index is 5.89. The molecule has 0 N–H and O–H groups in total. The quantitative estimate of drug-likeness (QED) is 0.786. The van der Waals surface area contributed by atoms with Gasteiger partial charge in [-0.15, -0.1) is 0 Å². The van der Waals surface area contributed by atoms with Crippen LogP contribution in [0.1, 0.15) is 12.8 Å². The van der Waals surface area contributed by atoms with Gasteiger partial charge in [0.25, 0.3) is 0 Å². The van der Waals surface area contributed by atoms with Crippen molar-refractivity contribution in [1.29, 1.82) is 0 Å². The summed E-state index contributed by atoms with van der Waals surface area (Å²) >= 11 is 0. The van der Waals surface area contributed by atoms with Gasteiger partial charge in [-0.05, 0) is 38.1 Å². The largest absolute Gasteiger partial charge is 0.493 e. The van der Waals surface area contributed by atoms with Gasteiger partial charge in [0.05, 0.1) is 7.11 Å². The third-order valence-corrected chi connectivity index (χ3v) is 3.53. The fourth-order valence-corrected chi connectivity index (χ4v) is 2.35. The van der Waals surface area contributed by atoms with Gasteiger partial charge < -0.3 is 14.4 Å². The van der Waals surface area contributed by atoms with E-state index in [2.05, 4.69) is 9.80 Å². The van der Waals surface area contributed by atoms with Gasteiger partial charge in [-0.25, -0.2) is 0 Å². The predicted octanol–water partition coefficient (Wildman–Crippen LogP) is 2.24. The van der Waals surface area contributed by atoms with Crippen molar-refractivity contribution in [3.8, 4) is 11.5 Å². The maximum absolute atomic E-state index is 5.89. The van der Waals surface area contributed by atoms with Crippen LogP contribution in [0.25, 0.3) is 0 Å². The molecule has 0 saturated carbocycles. The van der Waals surface area contributed by atoms with Crippen LogP contribution >= 0.6 is 0 Å². The Morgan fingerprint density at radius 1 is 1.16 bits per heavy atom. The van der Waals surface area contributed by atoms with Crippen LogP contribution in [0.4, 0.5) is 5.69 Å². The third-order valence-electron chi connectivity index (χ3n) is 3.53. The van der Waals surface area contributed by atoms with Crippen molar-refractivity contribution < 1.29 is 9.47 Å². The highest BCUT2D eigenvalue weighted by molar-refractivity contribution is 5.55. The van der Waals surface area contributed by atoms with E-state index in [4.69, 9.17) is 9.47 Å². The van der Waals surface area contributed by atoms with Crippen LogP contribution in [0.2, 0.25) is 0 Å². The van der Waals surface area contributed by atoms with Crippen molar-refractivity contribution in [1.82, 2.24) is 4.90 Å². The van der Waals surface area contributed by atoms with E-state index in [-0.39, 0.29) is 0 Å². The molecular weight excluding hydrogens is 240 g/mol. The molecule has 1 fully saturated rings. The van der Waals surface area contributed by atoms with Gasteiger partial charge in [0.15, 0.2) is 11.5 Å². The molecule has 1 heterocycles. The lowest BCUT2D eigenvalue weighted by molar-refractivity contribution is 0.230. The smallest absolute Gasteiger partial charge is 0.163 e. The predicted molar refractivity (Wildman–Crippen MR) is 78.5 cm³/mol. The van der Waals surface area contributed by atoms with Crippen molar-refractivity contribution in [2.75, 3.05) is 52.3 Å². The second kappa shape index (κ2) is 6.66. The molecule has 0 atom stereocenters. The Balaban J connectivity index is 1.94. The first kappa shape index (κ1) is 14.0. The average Bonchev–Trinajstić information content (AvgIpc) is 2.91. The summed E-state index contributed by atoms with van der Waals surface area (Å²) in [5.41, 5.74) is 1.12. The van der Waals surface area contributed by atoms with E-state index in [1.165, 1.54) is 25.9 Å². The normalized spacial score (nSPS) is 15.5. The molecule has 4 nitrogen and oxygen atoms in total. The lowest BCUT2D eigenvalue weighted by Crippen LogP contribution is -2.25. The van der Waals surface area contributed by atoms with Crippen LogP contribution in [0.15, 0.2) is 18.2 Å². The molecular formula is C15H24N2O2. The molecule has 1 aromatic carbocycles. The molecule has 1 aromatic rings. The lowest BCUT2D eigenvalue weighted by atomic mass is 10.2. The molecule has 0 unspecified atom stereocenters. The van der Waals surface area contributed by atoms with Gasteiger partial charge in [0.2, 0.25) is 0 Å². The van der Waals surface area contributed by atoms with Gasteiger partial charge in [-0.1, -0.05) is 0 Å². The number of anilines is 1. The van der Waals surface area contributed by atoms with E-state index in [0.29, 0.717) is 6.61 Å². The summed E-state index contributed by atoms with van der Waals surface area (Å²) in [5.74, 6) is 1.62. The number of nitrogens with zero attached hydrogens (tertiary/aromatic N) is 2. The van der Waals surface area contributed by atoms with E-state index in [0.717, 1.165) is 23.7 Å². The average molecular weight is 264 g/mol. The SMILES string of the molecule is COc1ccc(N(C)C)cc1OCCN1CCCC1. The molecule has 0 spiro atoms. The molecule has 0 aliphatic carbocycles. The van der Waals surface area contributed by atoms with Gasteiger partial charge in [-0.2, -0.15) is 0 Å². The van der Waals surface area contributed by atoms with E-state index in [1.54, 1.807) is 7.11 Å². The Morgan fingerprint density at radius 3 is 2.53 bits per heavy atom. The Morgan fingerprint density at radius 2 is 1.89 bits per heavy atom. The van der Waals surface area contributed by atoms with E-state index in [1.807, 2.05) is 32.3 Å². The second-order valence-electron chi connectivity index (χ2n) is 5.13. The van der Waals surface area contributed by atoms with Crippen LogP contribution < -0.4 is 14.4 Å². The first-order valence-corrected chi connectivity index (χ1v) is 6.91. The van der Waals surface area contributed by atoms with Crippen molar-refractivity contribution in [3.05, 3.63) is 18.2 Å². The van der Waals surface area contributed by atoms with Gasteiger partial charge in [-0.3, -0.25) is 4.90 Å². The van der Waals surface area contributed by atoms with Crippen molar-refractivity contribution >= 4 is 5.69 Å². The summed E-state index contributed by atoms with van der Waals surface area (Å²) in [6.45, 7) is 4.12. The first-order chi connectivity index (χ1) is 9.20. The minimum atomic E-state index is 0.716. The molecule has 4 heteroatoms. The summed E-state index contributed by atoms with van der Waals surface area (Å²) < 4.78 is 11.2. The highest BCUT2D eigenvalue weighted by atomic mass is 16.5. The third kappa shape index (κ3) is 3.77.